The number of aromatic nitrogens is 4. The minimum absolute atomic E-state index is 0.137. The van der Waals surface area contributed by atoms with Gasteiger partial charge in [-0.3, -0.25) is 14.9 Å². The molecule has 0 aliphatic rings. The van der Waals surface area contributed by atoms with Crippen LogP contribution in [-0.2, 0) is 0 Å². The summed E-state index contributed by atoms with van der Waals surface area (Å²) in [4.78, 5) is 22.9. The lowest BCUT2D eigenvalue weighted by Gasteiger charge is -2.07. The quantitative estimate of drug-likeness (QED) is 0.337. The third-order valence-electron chi connectivity index (χ3n) is 5.17. The predicted octanol–water partition coefficient (Wildman–Crippen LogP) is 4.41. The lowest BCUT2D eigenvalue weighted by Crippen LogP contribution is -2.12. The summed E-state index contributed by atoms with van der Waals surface area (Å²) in [5.41, 5.74) is 2.95. The van der Waals surface area contributed by atoms with Crippen molar-refractivity contribution < 1.29 is 9.72 Å². The smallest absolute Gasteiger partial charge is 0.270 e. The molecule has 0 spiro atoms. The van der Waals surface area contributed by atoms with Gasteiger partial charge in [0.1, 0.15) is 0 Å². The highest BCUT2D eigenvalue weighted by Gasteiger charge is 2.15. The number of nitro benzene ring substituents is 1. The number of non-ortho nitro benzene ring substituents is 1. The number of rotatable bonds is 4. The fourth-order valence-corrected chi connectivity index (χ4v) is 3.59. The maximum atomic E-state index is 12.5. The Balaban J connectivity index is 1.44. The molecule has 156 valence electrons. The van der Waals surface area contributed by atoms with Crippen LogP contribution in [0.2, 0.25) is 0 Å². The first kappa shape index (κ1) is 19.3. The Morgan fingerprint density at radius 1 is 0.969 bits per heavy atom. The number of carbonyl (C=O) groups excluding carboxylic acids is 1. The van der Waals surface area contributed by atoms with E-state index in [9.17, 15) is 14.9 Å². The number of benzene rings is 3. The number of aryl methyl sites for hydroxylation is 1. The molecule has 0 atom stereocenters. The molecule has 0 aliphatic carbocycles. The summed E-state index contributed by atoms with van der Waals surface area (Å²) < 4.78 is 1.72. The molecule has 9 heteroatoms. The normalized spacial score (nSPS) is 11.0. The highest BCUT2D eigenvalue weighted by molar-refractivity contribution is 6.04. The molecule has 0 unspecified atom stereocenters. The Morgan fingerprint density at radius 3 is 2.47 bits per heavy atom. The van der Waals surface area contributed by atoms with E-state index in [0.29, 0.717) is 17.2 Å². The lowest BCUT2D eigenvalue weighted by atomic mass is 10.1. The molecule has 1 amide bonds. The van der Waals surface area contributed by atoms with Gasteiger partial charge in [0.2, 0.25) is 0 Å². The highest BCUT2D eigenvalue weighted by Crippen LogP contribution is 2.25. The van der Waals surface area contributed by atoms with Gasteiger partial charge in [-0.15, -0.1) is 10.2 Å². The largest absolute Gasteiger partial charge is 0.322 e. The van der Waals surface area contributed by atoms with E-state index < -0.39 is 10.8 Å². The van der Waals surface area contributed by atoms with Crippen molar-refractivity contribution in [2.24, 2.45) is 0 Å². The van der Waals surface area contributed by atoms with Gasteiger partial charge in [0.15, 0.2) is 11.5 Å². The van der Waals surface area contributed by atoms with Crippen molar-refractivity contribution in [3.05, 3.63) is 94.2 Å². The summed E-state index contributed by atoms with van der Waals surface area (Å²) in [6.07, 6.45) is 0. The van der Waals surface area contributed by atoms with Crippen LogP contribution >= 0.6 is 0 Å². The van der Waals surface area contributed by atoms with Crippen molar-refractivity contribution >= 4 is 33.7 Å². The second-order valence-electron chi connectivity index (χ2n) is 7.23. The van der Waals surface area contributed by atoms with Gasteiger partial charge in [-0.2, -0.15) is 9.61 Å². The van der Waals surface area contributed by atoms with E-state index in [-0.39, 0.29) is 11.3 Å². The Bertz CT molecular complexity index is 1510. The van der Waals surface area contributed by atoms with E-state index in [1.807, 2.05) is 43.3 Å². The first-order chi connectivity index (χ1) is 15.5. The summed E-state index contributed by atoms with van der Waals surface area (Å²) >= 11 is 0. The molecule has 0 fully saturated rings. The molecule has 1 N–H and O–H groups in total. The summed E-state index contributed by atoms with van der Waals surface area (Å²) in [6.45, 7) is 1.94. The number of hydrogen-bond acceptors (Lipinski definition) is 6. The molecule has 2 aromatic heterocycles. The van der Waals surface area contributed by atoms with Crippen LogP contribution in [-0.4, -0.2) is 30.6 Å². The molecule has 2 heterocycles. The molecule has 0 saturated heterocycles. The number of nitro groups is 1. The molecule has 9 nitrogen and oxygen atoms in total. The zero-order valence-corrected chi connectivity index (χ0v) is 16.9. The zero-order valence-electron chi connectivity index (χ0n) is 16.9. The summed E-state index contributed by atoms with van der Waals surface area (Å²) in [5.74, 6) is 0.156. The van der Waals surface area contributed by atoms with Crippen LogP contribution in [0.15, 0.2) is 72.8 Å². The molecule has 5 aromatic rings. The van der Waals surface area contributed by atoms with Crippen LogP contribution in [0.1, 0.15) is 16.1 Å². The van der Waals surface area contributed by atoms with E-state index in [0.717, 1.165) is 22.0 Å². The molecular weight excluding hydrogens is 408 g/mol. The molecule has 3 aromatic carbocycles. The van der Waals surface area contributed by atoms with E-state index in [4.69, 9.17) is 0 Å². The van der Waals surface area contributed by atoms with Crippen molar-refractivity contribution in [3.63, 3.8) is 0 Å². The standard InChI is InChI=1S/C23H16N6O3/c1-14-19-7-2-3-8-20(19)22-26-25-21(28(22)27-14)15-9-11-17(12-10-15)24-23(30)16-5-4-6-18(13-16)29(31)32/h2-13H,1H3,(H,24,30). The second kappa shape index (κ2) is 7.55. The molecular formula is C23H16N6O3. The summed E-state index contributed by atoms with van der Waals surface area (Å²) in [7, 11) is 0. The third-order valence-corrected chi connectivity index (χ3v) is 5.17. The SMILES string of the molecule is Cc1nn2c(-c3ccc(NC(=O)c4cccc([N+](=O)[O-])c4)cc3)nnc2c2ccccc12. The third kappa shape index (κ3) is 3.31. The van der Waals surface area contributed by atoms with Crippen LogP contribution in [0.5, 0.6) is 0 Å². The molecule has 0 radical (unpaired) electrons. The molecule has 5 rings (SSSR count). The number of amides is 1. The average Bonchev–Trinajstić information content (AvgIpc) is 3.24. The van der Waals surface area contributed by atoms with Gasteiger partial charge >= 0.3 is 0 Å². The lowest BCUT2D eigenvalue weighted by molar-refractivity contribution is -0.384. The van der Waals surface area contributed by atoms with Gasteiger partial charge in [0.05, 0.1) is 10.6 Å². The van der Waals surface area contributed by atoms with Crippen molar-refractivity contribution in [2.45, 2.75) is 6.92 Å². The highest BCUT2D eigenvalue weighted by atomic mass is 16.6. The number of nitrogens with one attached hydrogen (secondary N) is 1. The maximum absolute atomic E-state index is 12.5. The van der Waals surface area contributed by atoms with Gasteiger partial charge in [-0.1, -0.05) is 30.3 Å². The fourth-order valence-electron chi connectivity index (χ4n) is 3.59. The topological polar surface area (TPSA) is 115 Å². The van der Waals surface area contributed by atoms with Crippen molar-refractivity contribution in [2.75, 3.05) is 5.32 Å². The van der Waals surface area contributed by atoms with Crippen LogP contribution < -0.4 is 5.32 Å². The molecule has 0 saturated carbocycles. The first-order valence-electron chi connectivity index (χ1n) is 9.78. The average molecular weight is 424 g/mol. The summed E-state index contributed by atoms with van der Waals surface area (Å²) in [5, 5.41) is 29.0. The Hall–Kier alpha value is -4.66. The number of anilines is 1. The minimum atomic E-state index is -0.534. The number of fused-ring (bicyclic) bond motifs is 3. The Morgan fingerprint density at radius 2 is 1.72 bits per heavy atom. The number of hydrogen-bond donors (Lipinski definition) is 1. The summed E-state index contributed by atoms with van der Waals surface area (Å²) in [6, 6.07) is 20.6. The predicted molar refractivity (Wildman–Crippen MR) is 120 cm³/mol. The fraction of sp³-hybridized carbons (Fsp3) is 0.0435. The van der Waals surface area contributed by atoms with E-state index >= 15 is 0 Å². The van der Waals surface area contributed by atoms with Gasteiger partial charge in [0.25, 0.3) is 11.6 Å². The van der Waals surface area contributed by atoms with E-state index in [1.54, 1.807) is 16.6 Å². The number of carbonyl (C=O) groups is 1. The number of nitrogens with zero attached hydrogens (tertiary/aromatic N) is 5. The monoisotopic (exact) mass is 424 g/mol. The molecule has 32 heavy (non-hydrogen) atoms. The maximum Gasteiger partial charge on any atom is 0.270 e. The van der Waals surface area contributed by atoms with Crippen LogP contribution in [0.3, 0.4) is 0 Å². The van der Waals surface area contributed by atoms with Crippen molar-refractivity contribution in [3.8, 4) is 11.4 Å². The molecule has 0 aliphatic heterocycles. The van der Waals surface area contributed by atoms with Gasteiger partial charge in [-0.25, -0.2) is 0 Å². The minimum Gasteiger partial charge on any atom is -0.322 e. The molecule has 0 bridgehead atoms. The van der Waals surface area contributed by atoms with Crippen molar-refractivity contribution in [1.82, 2.24) is 19.8 Å². The van der Waals surface area contributed by atoms with Crippen LogP contribution in [0.25, 0.3) is 27.8 Å². The van der Waals surface area contributed by atoms with Crippen LogP contribution in [0, 0.1) is 17.0 Å². The first-order valence-corrected chi connectivity index (χ1v) is 9.78. The van der Waals surface area contributed by atoms with E-state index in [1.165, 1.54) is 24.3 Å². The second-order valence-corrected chi connectivity index (χ2v) is 7.23. The van der Waals surface area contributed by atoms with Gasteiger partial charge < -0.3 is 5.32 Å². The Labute approximate surface area is 181 Å². The zero-order chi connectivity index (χ0) is 22.2. The van der Waals surface area contributed by atoms with Gasteiger partial charge in [-0.05, 0) is 37.3 Å². The van der Waals surface area contributed by atoms with Crippen molar-refractivity contribution in [1.29, 1.82) is 0 Å². The van der Waals surface area contributed by atoms with E-state index in [2.05, 4.69) is 20.6 Å². The van der Waals surface area contributed by atoms with Crippen LogP contribution in [0.4, 0.5) is 11.4 Å². The van der Waals surface area contributed by atoms with Gasteiger partial charge in [0, 0.05) is 39.7 Å². The Kier molecular flexibility index (Phi) is 4.55.